The average Bonchev–Trinajstić information content (AvgIpc) is 3.55. The smallest absolute Gasteiger partial charge is 0.309 e. The Kier molecular flexibility index (Phi) is 3.42. The molecule has 4 heterocycles. The lowest BCUT2D eigenvalue weighted by molar-refractivity contribution is -0.122. The highest BCUT2D eigenvalue weighted by atomic mass is 32.1. The molecular weight excluding hydrogens is 428 g/mol. The Balaban J connectivity index is 1.40. The maximum absolute atomic E-state index is 14.1. The Morgan fingerprint density at radius 1 is 0.875 bits per heavy atom. The molecule has 0 bridgehead atoms. The molecular formula is C24H16N2O5S. The van der Waals surface area contributed by atoms with Crippen LogP contribution in [0.3, 0.4) is 0 Å². The predicted molar refractivity (Wildman–Crippen MR) is 119 cm³/mol. The summed E-state index contributed by atoms with van der Waals surface area (Å²) in [4.78, 5) is 28.5. The molecule has 7 nitrogen and oxygen atoms in total. The van der Waals surface area contributed by atoms with E-state index in [-0.39, 0.29) is 30.8 Å². The van der Waals surface area contributed by atoms with E-state index in [9.17, 15) is 9.59 Å². The van der Waals surface area contributed by atoms with Crippen LogP contribution in [0.4, 0.5) is 5.69 Å². The van der Waals surface area contributed by atoms with Crippen LogP contribution in [0.15, 0.2) is 65.5 Å². The molecule has 0 N–H and O–H groups in total. The van der Waals surface area contributed by atoms with Crippen LogP contribution < -0.4 is 24.0 Å². The second-order valence-corrected chi connectivity index (χ2v) is 9.04. The van der Waals surface area contributed by atoms with Crippen molar-refractivity contribution in [2.75, 3.05) is 18.3 Å². The van der Waals surface area contributed by atoms with E-state index in [0.29, 0.717) is 17.2 Å². The third-order valence-electron chi connectivity index (χ3n) is 6.50. The largest absolute Gasteiger partial charge is 0.491 e. The van der Waals surface area contributed by atoms with E-state index in [2.05, 4.69) is 0 Å². The molecule has 0 radical (unpaired) electrons. The highest BCUT2D eigenvalue weighted by Gasteiger charge is 2.57. The summed E-state index contributed by atoms with van der Waals surface area (Å²) in [6, 6.07) is 19.0. The molecule has 1 atom stereocenters. The second kappa shape index (κ2) is 6.14. The number of hydrogen-bond acceptors (Lipinski definition) is 6. The van der Waals surface area contributed by atoms with Gasteiger partial charge in [0.2, 0.25) is 12.7 Å². The molecule has 1 amide bonds. The van der Waals surface area contributed by atoms with Crippen molar-refractivity contribution in [2.24, 2.45) is 0 Å². The first-order valence-electron chi connectivity index (χ1n) is 10.2. The first kappa shape index (κ1) is 17.9. The fourth-order valence-electron chi connectivity index (χ4n) is 4.99. The third-order valence-corrected chi connectivity index (χ3v) is 7.46. The molecule has 7 rings (SSSR count). The fraction of sp³-hybridized carbons (Fsp3) is 0.167. The Bertz CT molecular complexity index is 1510. The van der Waals surface area contributed by atoms with E-state index in [0.717, 1.165) is 27.0 Å². The summed E-state index contributed by atoms with van der Waals surface area (Å²) in [5.74, 6) is 1.74. The van der Waals surface area contributed by atoms with Crippen LogP contribution in [0, 0.1) is 0 Å². The van der Waals surface area contributed by atoms with Crippen LogP contribution in [0.5, 0.6) is 17.2 Å². The van der Waals surface area contributed by atoms with E-state index in [4.69, 9.17) is 14.2 Å². The van der Waals surface area contributed by atoms with Gasteiger partial charge in [-0.2, -0.15) is 0 Å². The van der Waals surface area contributed by atoms with Crippen LogP contribution in [-0.4, -0.2) is 23.9 Å². The Labute approximate surface area is 186 Å². The number of anilines is 1. The van der Waals surface area contributed by atoms with Crippen LogP contribution in [0.25, 0.3) is 10.2 Å². The minimum absolute atomic E-state index is 0.0936. The number of carbonyl (C=O) groups is 1. The van der Waals surface area contributed by atoms with Gasteiger partial charge < -0.3 is 14.2 Å². The SMILES string of the molecule is O=C1N(Cn2c(=O)sc3ccccc32)c2ccccc2C12COc1cc3c(cc12)OCO3. The highest BCUT2D eigenvalue weighted by molar-refractivity contribution is 7.16. The minimum Gasteiger partial charge on any atom is -0.491 e. The van der Waals surface area contributed by atoms with Crippen LogP contribution in [0.1, 0.15) is 11.1 Å². The Morgan fingerprint density at radius 3 is 2.56 bits per heavy atom. The maximum atomic E-state index is 14.1. The molecule has 0 saturated heterocycles. The van der Waals surface area contributed by atoms with Crippen molar-refractivity contribution in [3.8, 4) is 17.2 Å². The van der Waals surface area contributed by atoms with Crippen molar-refractivity contribution in [3.05, 3.63) is 81.5 Å². The van der Waals surface area contributed by atoms with Crippen LogP contribution >= 0.6 is 11.3 Å². The first-order chi connectivity index (χ1) is 15.7. The van der Waals surface area contributed by atoms with Crippen LogP contribution in [-0.2, 0) is 16.9 Å². The van der Waals surface area contributed by atoms with Gasteiger partial charge in [-0.3, -0.25) is 19.1 Å². The standard InChI is InChI=1S/C24H16N2O5S/c27-22-24(11-29-18-10-20-19(9-15(18)24)30-13-31-20)14-5-1-2-6-16(14)25(22)12-26-17-7-3-4-8-21(17)32-23(26)28/h1-10H,11-13H2. The summed E-state index contributed by atoms with van der Waals surface area (Å²) < 4.78 is 19.6. The van der Waals surface area contributed by atoms with Crippen molar-refractivity contribution in [1.82, 2.24) is 4.57 Å². The van der Waals surface area contributed by atoms with E-state index < -0.39 is 5.41 Å². The molecule has 32 heavy (non-hydrogen) atoms. The Morgan fingerprint density at radius 2 is 1.66 bits per heavy atom. The Hall–Kier alpha value is -3.78. The number of amides is 1. The minimum atomic E-state index is -0.984. The van der Waals surface area contributed by atoms with E-state index in [1.54, 1.807) is 15.5 Å². The lowest BCUT2D eigenvalue weighted by atomic mass is 9.77. The molecule has 3 aromatic carbocycles. The molecule has 1 spiro atoms. The highest BCUT2D eigenvalue weighted by Crippen LogP contribution is 2.55. The lowest BCUT2D eigenvalue weighted by Crippen LogP contribution is -2.43. The number of nitrogens with zero attached hydrogens (tertiary/aromatic N) is 2. The average molecular weight is 444 g/mol. The first-order valence-corrected chi connectivity index (χ1v) is 11.1. The molecule has 8 heteroatoms. The summed E-state index contributed by atoms with van der Waals surface area (Å²) in [5.41, 5.74) is 2.26. The number of ether oxygens (including phenoxy) is 3. The molecule has 158 valence electrons. The quantitative estimate of drug-likeness (QED) is 0.474. The molecule has 3 aliphatic heterocycles. The van der Waals surface area contributed by atoms with Gasteiger partial charge in [0, 0.05) is 11.6 Å². The number of rotatable bonds is 2. The number of hydrogen-bond donors (Lipinski definition) is 0. The van der Waals surface area contributed by atoms with Gasteiger partial charge in [0.25, 0.3) is 0 Å². The molecule has 1 aromatic heterocycles. The second-order valence-electron chi connectivity index (χ2n) is 8.05. The van der Waals surface area contributed by atoms with E-state index >= 15 is 0 Å². The number of carbonyl (C=O) groups excluding carboxylic acids is 1. The van der Waals surface area contributed by atoms with Crippen molar-refractivity contribution >= 4 is 33.1 Å². The predicted octanol–water partition coefficient (Wildman–Crippen LogP) is 3.47. The number of benzene rings is 3. The van der Waals surface area contributed by atoms with Crippen molar-refractivity contribution in [1.29, 1.82) is 0 Å². The third kappa shape index (κ3) is 2.14. The zero-order valence-corrected chi connectivity index (χ0v) is 17.6. The fourth-order valence-corrected chi connectivity index (χ4v) is 5.88. The molecule has 4 aromatic rings. The molecule has 0 aliphatic carbocycles. The summed E-state index contributed by atoms with van der Waals surface area (Å²) in [5, 5.41) is 0. The van der Waals surface area contributed by atoms with Gasteiger partial charge >= 0.3 is 4.87 Å². The number of fused-ring (bicyclic) bond motifs is 6. The van der Waals surface area contributed by atoms with Gasteiger partial charge in [0.1, 0.15) is 24.4 Å². The van der Waals surface area contributed by atoms with Crippen LogP contribution in [0.2, 0.25) is 0 Å². The van der Waals surface area contributed by atoms with E-state index in [1.165, 1.54) is 11.3 Å². The summed E-state index contributed by atoms with van der Waals surface area (Å²) in [6.45, 7) is 0.479. The number of aromatic nitrogens is 1. The normalized spacial score (nSPS) is 20.1. The topological polar surface area (TPSA) is 70.0 Å². The van der Waals surface area contributed by atoms with Gasteiger partial charge in [-0.05, 0) is 29.8 Å². The lowest BCUT2D eigenvalue weighted by Gasteiger charge is -2.23. The summed E-state index contributed by atoms with van der Waals surface area (Å²) >= 11 is 1.18. The van der Waals surface area contributed by atoms with Gasteiger partial charge in [-0.15, -0.1) is 0 Å². The monoisotopic (exact) mass is 444 g/mol. The summed E-state index contributed by atoms with van der Waals surface area (Å²) in [7, 11) is 0. The zero-order valence-electron chi connectivity index (χ0n) is 16.7. The molecule has 3 aliphatic rings. The zero-order chi connectivity index (χ0) is 21.4. The van der Waals surface area contributed by atoms with Crippen molar-refractivity contribution in [2.45, 2.75) is 12.1 Å². The van der Waals surface area contributed by atoms with Gasteiger partial charge in [-0.1, -0.05) is 41.7 Å². The van der Waals surface area contributed by atoms with Gasteiger partial charge in [0.05, 0.1) is 15.9 Å². The van der Waals surface area contributed by atoms with Gasteiger partial charge in [0.15, 0.2) is 11.5 Å². The van der Waals surface area contributed by atoms with Gasteiger partial charge in [-0.25, -0.2) is 0 Å². The van der Waals surface area contributed by atoms with E-state index in [1.807, 2.05) is 54.6 Å². The molecule has 1 unspecified atom stereocenters. The molecule has 0 saturated carbocycles. The van der Waals surface area contributed by atoms with Crippen molar-refractivity contribution in [3.63, 3.8) is 0 Å². The maximum Gasteiger partial charge on any atom is 0.309 e. The molecule has 0 fully saturated rings. The number of thiazole rings is 1. The number of para-hydroxylation sites is 2. The summed E-state index contributed by atoms with van der Waals surface area (Å²) in [6.07, 6.45) is 0. The van der Waals surface area contributed by atoms with Crippen molar-refractivity contribution < 1.29 is 19.0 Å².